The zero-order chi connectivity index (χ0) is 23.7. The highest BCUT2D eigenvalue weighted by Gasteiger charge is 2.28. The van der Waals surface area contributed by atoms with Crippen molar-refractivity contribution in [2.75, 3.05) is 31.1 Å². The van der Waals surface area contributed by atoms with Gasteiger partial charge in [-0.2, -0.15) is 4.98 Å². The number of hydrogen-bond acceptors (Lipinski definition) is 8. The van der Waals surface area contributed by atoms with Crippen LogP contribution in [0, 0.1) is 10.1 Å². The molecule has 0 bridgehead atoms. The molecule has 1 aromatic heterocycles. The number of halogens is 1. The van der Waals surface area contributed by atoms with Gasteiger partial charge in [-0.25, -0.2) is 0 Å². The molecule has 0 radical (unpaired) electrons. The summed E-state index contributed by atoms with van der Waals surface area (Å²) in [5, 5.41) is 19.3. The van der Waals surface area contributed by atoms with Crippen LogP contribution in [0.1, 0.15) is 29.1 Å². The van der Waals surface area contributed by atoms with E-state index in [1.54, 1.807) is 24.3 Å². The Bertz CT molecular complexity index is 1200. The van der Waals surface area contributed by atoms with Crippen molar-refractivity contribution in [3.05, 3.63) is 69.1 Å². The summed E-state index contributed by atoms with van der Waals surface area (Å²) in [5.41, 5.74) is 1.61. The molecule has 3 aromatic rings. The Morgan fingerprint density at radius 3 is 2.56 bits per heavy atom. The highest BCUT2D eigenvalue weighted by atomic mass is 35.5. The lowest BCUT2D eigenvalue weighted by Gasteiger charge is -2.35. The van der Waals surface area contributed by atoms with Crippen molar-refractivity contribution in [3.8, 4) is 11.4 Å². The van der Waals surface area contributed by atoms with E-state index in [-0.39, 0.29) is 17.6 Å². The Morgan fingerprint density at radius 1 is 1.15 bits per heavy atom. The number of benzene rings is 2. The molecule has 11 heteroatoms. The van der Waals surface area contributed by atoms with Crippen LogP contribution in [0.2, 0.25) is 5.02 Å². The summed E-state index contributed by atoms with van der Waals surface area (Å²) in [6.45, 7) is 3.07. The molecule has 5 rings (SSSR count). The molecule has 2 aromatic carbocycles. The van der Waals surface area contributed by atoms with Gasteiger partial charge in [-0.1, -0.05) is 16.8 Å². The monoisotopic (exact) mass is 482 g/mol. The zero-order valence-electron chi connectivity index (χ0n) is 18.3. The maximum absolute atomic E-state index is 12.3. The molecule has 0 unspecified atom stereocenters. The molecule has 1 amide bonds. The zero-order valence-corrected chi connectivity index (χ0v) is 19.1. The first-order valence-electron chi connectivity index (χ1n) is 11.1. The maximum atomic E-state index is 12.3. The molecule has 1 aliphatic carbocycles. The SMILES string of the molecule is O=C(NC1CC1)c1ccc(N2CCN(Cc3nc(-c4ccc(Cl)cc4)no3)CC2)c([N+](=O)[O-])c1. The minimum absolute atomic E-state index is 0.0543. The Morgan fingerprint density at radius 2 is 1.88 bits per heavy atom. The molecule has 176 valence electrons. The lowest BCUT2D eigenvalue weighted by molar-refractivity contribution is -0.384. The molecular weight excluding hydrogens is 460 g/mol. The number of carbonyl (C=O) groups excluding carboxylic acids is 1. The Balaban J connectivity index is 1.21. The lowest BCUT2D eigenvalue weighted by atomic mass is 10.1. The fourth-order valence-corrected chi connectivity index (χ4v) is 4.07. The molecule has 1 saturated heterocycles. The normalized spacial score (nSPS) is 16.4. The quantitative estimate of drug-likeness (QED) is 0.401. The minimum Gasteiger partial charge on any atom is -0.363 e. The van der Waals surface area contributed by atoms with Crippen LogP contribution in [0.15, 0.2) is 47.0 Å². The minimum atomic E-state index is -0.424. The van der Waals surface area contributed by atoms with Gasteiger partial charge in [-0.05, 0) is 49.2 Å². The average molecular weight is 483 g/mol. The summed E-state index contributed by atoms with van der Waals surface area (Å²) in [6, 6.07) is 12.1. The van der Waals surface area contributed by atoms with Gasteiger partial charge < -0.3 is 14.7 Å². The first kappa shape index (κ1) is 22.3. The van der Waals surface area contributed by atoms with Crippen LogP contribution in [0.5, 0.6) is 0 Å². The summed E-state index contributed by atoms with van der Waals surface area (Å²) < 4.78 is 5.40. The van der Waals surface area contributed by atoms with Crippen molar-refractivity contribution in [1.29, 1.82) is 0 Å². The van der Waals surface area contributed by atoms with Crippen molar-refractivity contribution >= 4 is 28.9 Å². The van der Waals surface area contributed by atoms with Crippen molar-refractivity contribution in [2.24, 2.45) is 0 Å². The van der Waals surface area contributed by atoms with Gasteiger partial charge in [0.25, 0.3) is 11.6 Å². The molecule has 34 heavy (non-hydrogen) atoms. The first-order valence-corrected chi connectivity index (χ1v) is 11.5. The van der Waals surface area contributed by atoms with Crippen LogP contribution in [0.3, 0.4) is 0 Å². The smallest absolute Gasteiger partial charge is 0.293 e. The fourth-order valence-electron chi connectivity index (χ4n) is 3.95. The fraction of sp³-hybridized carbons (Fsp3) is 0.348. The molecule has 1 saturated carbocycles. The number of nitro benzene ring substituents is 1. The van der Waals surface area contributed by atoms with Crippen LogP contribution in [0.25, 0.3) is 11.4 Å². The van der Waals surface area contributed by atoms with Gasteiger partial charge in [0.1, 0.15) is 5.69 Å². The van der Waals surface area contributed by atoms with E-state index in [0.717, 1.165) is 18.4 Å². The maximum Gasteiger partial charge on any atom is 0.293 e. The van der Waals surface area contributed by atoms with E-state index in [2.05, 4.69) is 20.4 Å². The second-order valence-corrected chi connectivity index (χ2v) is 8.93. The third kappa shape index (κ3) is 5.02. The number of nitrogens with zero attached hydrogens (tertiary/aromatic N) is 5. The van der Waals surface area contributed by atoms with Crippen molar-refractivity contribution in [1.82, 2.24) is 20.4 Å². The van der Waals surface area contributed by atoms with Crippen molar-refractivity contribution in [2.45, 2.75) is 25.4 Å². The van der Waals surface area contributed by atoms with Gasteiger partial charge in [-0.3, -0.25) is 19.8 Å². The van der Waals surface area contributed by atoms with Crippen LogP contribution in [-0.4, -0.2) is 58.1 Å². The first-order chi connectivity index (χ1) is 16.5. The summed E-state index contributed by atoms with van der Waals surface area (Å²) >= 11 is 5.93. The van der Waals surface area contributed by atoms with E-state index in [1.165, 1.54) is 6.07 Å². The molecule has 2 heterocycles. The van der Waals surface area contributed by atoms with E-state index >= 15 is 0 Å². The number of amides is 1. The van der Waals surface area contributed by atoms with Gasteiger partial charge in [0.15, 0.2) is 0 Å². The summed E-state index contributed by atoms with van der Waals surface area (Å²) in [6.07, 6.45) is 1.92. The van der Waals surface area contributed by atoms with Gasteiger partial charge >= 0.3 is 0 Å². The van der Waals surface area contributed by atoms with E-state index < -0.39 is 4.92 Å². The van der Waals surface area contributed by atoms with Gasteiger partial charge in [0.05, 0.1) is 11.5 Å². The summed E-state index contributed by atoms with van der Waals surface area (Å²) in [7, 11) is 0. The van der Waals surface area contributed by atoms with E-state index in [9.17, 15) is 14.9 Å². The molecular formula is C23H23ClN6O4. The van der Waals surface area contributed by atoms with Gasteiger partial charge in [0.2, 0.25) is 11.7 Å². The highest BCUT2D eigenvalue weighted by molar-refractivity contribution is 6.30. The summed E-state index contributed by atoms with van der Waals surface area (Å²) in [4.78, 5) is 32.2. The molecule has 0 atom stereocenters. The van der Waals surface area contributed by atoms with Crippen LogP contribution in [-0.2, 0) is 6.54 Å². The van der Waals surface area contributed by atoms with Crippen LogP contribution in [0.4, 0.5) is 11.4 Å². The highest BCUT2D eigenvalue weighted by Crippen LogP contribution is 2.31. The lowest BCUT2D eigenvalue weighted by Crippen LogP contribution is -2.46. The molecule has 1 aliphatic heterocycles. The second-order valence-electron chi connectivity index (χ2n) is 8.49. The number of nitrogens with one attached hydrogen (secondary N) is 1. The topological polar surface area (TPSA) is 118 Å². The number of anilines is 1. The van der Waals surface area contributed by atoms with E-state index in [0.29, 0.717) is 60.7 Å². The standard InChI is InChI=1S/C23H23ClN6O4/c24-17-4-1-15(2-5-17)22-26-21(34-27-22)14-28-9-11-29(12-10-28)19-8-3-16(13-20(19)30(32)33)23(31)25-18-6-7-18/h1-5,8,13,18H,6-7,9-12,14H2,(H,25,31). The van der Waals surface area contributed by atoms with Gasteiger partial charge in [0, 0.05) is 54.4 Å². The molecule has 2 aliphatic rings. The van der Waals surface area contributed by atoms with E-state index in [1.807, 2.05) is 17.0 Å². The number of piperazine rings is 1. The van der Waals surface area contributed by atoms with Crippen LogP contribution >= 0.6 is 11.6 Å². The Hall–Kier alpha value is -3.50. The molecule has 10 nitrogen and oxygen atoms in total. The third-order valence-electron chi connectivity index (χ3n) is 5.99. The van der Waals surface area contributed by atoms with Crippen molar-refractivity contribution in [3.63, 3.8) is 0 Å². The Kier molecular flexibility index (Phi) is 6.16. The largest absolute Gasteiger partial charge is 0.363 e. The predicted octanol–water partition coefficient (Wildman–Crippen LogP) is 3.51. The summed E-state index contributed by atoms with van der Waals surface area (Å²) in [5.74, 6) is 0.752. The second kappa shape index (κ2) is 9.40. The van der Waals surface area contributed by atoms with Crippen LogP contribution < -0.4 is 10.2 Å². The number of nitro groups is 1. The predicted molar refractivity (Wildman–Crippen MR) is 126 cm³/mol. The molecule has 2 fully saturated rings. The number of carbonyl (C=O) groups is 1. The van der Waals surface area contributed by atoms with E-state index in [4.69, 9.17) is 16.1 Å². The Labute approximate surface area is 200 Å². The number of rotatable bonds is 7. The average Bonchev–Trinajstić information content (AvgIpc) is 3.54. The van der Waals surface area contributed by atoms with Crippen molar-refractivity contribution < 1.29 is 14.2 Å². The molecule has 1 N–H and O–H groups in total. The molecule has 0 spiro atoms. The third-order valence-corrected chi connectivity index (χ3v) is 6.24. The van der Waals surface area contributed by atoms with Gasteiger partial charge in [-0.15, -0.1) is 0 Å². The number of aromatic nitrogens is 2. The number of hydrogen-bond donors (Lipinski definition) is 1.